The van der Waals surface area contributed by atoms with Crippen molar-refractivity contribution in [3.63, 3.8) is 0 Å². The second-order valence-corrected chi connectivity index (χ2v) is 5.97. The van der Waals surface area contributed by atoms with Gasteiger partial charge in [-0.25, -0.2) is 29.5 Å². The number of nitrogen functional groups attached to an aromatic ring is 1. The SMILES string of the molecule is Nc1ncccn1.O=C(Cl)Oc1ccccc1.O=C(Nc1ncccn1)Oc1ccccc1. The van der Waals surface area contributed by atoms with Crippen molar-refractivity contribution in [2.45, 2.75) is 0 Å². The first-order valence-electron chi connectivity index (χ1n) is 9.28. The minimum Gasteiger partial charge on any atom is -0.415 e. The normalized spacial score (nSPS) is 9.12. The van der Waals surface area contributed by atoms with Crippen molar-refractivity contribution in [3.05, 3.63) is 97.6 Å². The monoisotopic (exact) mass is 466 g/mol. The molecule has 0 atom stereocenters. The van der Waals surface area contributed by atoms with Crippen LogP contribution in [0.1, 0.15) is 0 Å². The van der Waals surface area contributed by atoms with Gasteiger partial charge in [-0.15, -0.1) is 0 Å². The minimum absolute atomic E-state index is 0.212. The zero-order valence-corrected chi connectivity index (χ0v) is 17.9. The lowest BCUT2D eigenvalue weighted by Gasteiger charge is -2.04. The van der Waals surface area contributed by atoms with Crippen molar-refractivity contribution in [2.75, 3.05) is 11.1 Å². The van der Waals surface area contributed by atoms with Gasteiger partial charge in [-0.05, 0) is 36.4 Å². The van der Waals surface area contributed by atoms with Gasteiger partial charge in [0.05, 0.1) is 0 Å². The third-order valence-corrected chi connectivity index (χ3v) is 3.34. The third-order valence-electron chi connectivity index (χ3n) is 3.26. The second kappa shape index (κ2) is 14.4. The number of nitrogens with one attached hydrogen (secondary N) is 1. The largest absolute Gasteiger partial charge is 0.419 e. The maximum Gasteiger partial charge on any atom is 0.419 e. The van der Waals surface area contributed by atoms with Crippen molar-refractivity contribution >= 4 is 35.0 Å². The highest BCUT2D eigenvalue weighted by atomic mass is 35.5. The van der Waals surface area contributed by atoms with Crippen LogP contribution in [0.2, 0.25) is 0 Å². The quantitative estimate of drug-likeness (QED) is 0.415. The lowest BCUT2D eigenvalue weighted by Crippen LogP contribution is -2.18. The number of rotatable bonds is 3. The number of halogens is 1. The molecule has 0 radical (unpaired) electrons. The summed E-state index contributed by atoms with van der Waals surface area (Å²) >= 11 is 4.95. The third kappa shape index (κ3) is 11.4. The average Bonchev–Trinajstić information content (AvgIpc) is 2.82. The summed E-state index contributed by atoms with van der Waals surface area (Å²) in [4.78, 5) is 36.5. The number of anilines is 2. The fourth-order valence-corrected chi connectivity index (χ4v) is 2.06. The number of aromatic nitrogens is 4. The Morgan fingerprint density at radius 3 is 1.58 bits per heavy atom. The molecule has 0 aliphatic rings. The van der Waals surface area contributed by atoms with Crippen LogP contribution in [0.15, 0.2) is 97.6 Å². The van der Waals surface area contributed by atoms with E-state index in [-0.39, 0.29) is 5.95 Å². The fraction of sp³-hybridized carbons (Fsp3) is 0. The van der Waals surface area contributed by atoms with Gasteiger partial charge in [0.2, 0.25) is 11.9 Å². The zero-order chi connectivity index (χ0) is 23.7. The van der Waals surface area contributed by atoms with Crippen LogP contribution in [0.25, 0.3) is 0 Å². The van der Waals surface area contributed by atoms with Gasteiger partial charge in [0.1, 0.15) is 11.5 Å². The van der Waals surface area contributed by atoms with Crippen molar-refractivity contribution in [2.24, 2.45) is 0 Å². The lowest BCUT2D eigenvalue weighted by atomic mass is 10.3. The van der Waals surface area contributed by atoms with E-state index in [4.69, 9.17) is 22.1 Å². The highest BCUT2D eigenvalue weighted by molar-refractivity contribution is 6.61. The summed E-state index contributed by atoms with van der Waals surface area (Å²) in [7, 11) is 0. The Kier molecular flexibility index (Phi) is 10.8. The molecule has 0 aliphatic carbocycles. The Labute approximate surface area is 194 Å². The summed E-state index contributed by atoms with van der Waals surface area (Å²) in [6.45, 7) is 0. The van der Waals surface area contributed by atoms with Gasteiger partial charge in [-0.3, -0.25) is 5.32 Å². The van der Waals surface area contributed by atoms with Crippen LogP contribution in [0, 0.1) is 0 Å². The lowest BCUT2D eigenvalue weighted by molar-refractivity contribution is 0.215. The van der Waals surface area contributed by atoms with E-state index >= 15 is 0 Å². The number of nitrogens with two attached hydrogens (primary N) is 1. The van der Waals surface area contributed by atoms with Gasteiger partial charge < -0.3 is 15.2 Å². The summed E-state index contributed by atoms with van der Waals surface area (Å²) in [6, 6.07) is 20.8. The Balaban J connectivity index is 0.000000193. The smallest absolute Gasteiger partial charge is 0.415 e. The van der Waals surface area contributed by atoms with E-state index < -0.39 is 11.5 Å². The summed E-state index contributed by atoms with van der Waals surface area (Å²) < 4.78 is 9.53. The van der Waals surface area contributed by atoms with Crippen LogP contribution in [0.3, 0.4) is 0 Å². The van der Waals surface area contributed by atoms with Crippen LogP contribution in [-0.4, -0.2) is 31.5 Å². The zero-order valence-electron chi connectivity index (χ0n) is 17.1. The standard InChI is InChI=1S/C11H9N3O2.C7H5ClO2.C4H5N3/c15-11(14-10-12-7-4-8-13-10)16-9-5-2-1-3-6-9;8-7(9)10-6-4-2-1-3-5-6;5-4-6-2-1-3-7-4/h1-8H,(H,12,13,14,15);1-5H;1-3H,(H2,5,6,7). The fourth-order valence-electron chi connectivity index (χ4n) is 1.97. The molecule has 0 unspecified atom stereocenters. The molecule has 2 aromatic carbocycles. The van der Waals surface area contributed by atoms with Crippen LogP contribution >= 0.6 is 11.6 Å². The predicted octanol–water partition coefficient (Wildman–Crippen LogP) is 4.57. The number of ether oxygens (including phenoxy) is 2. The molecule has 2 heterocycles. The molecule has 10 nitrogen and oxygen atoms in total. The van der Waals surface area contributed by atoms with E-state index in [0.29, 0.717) is 17.4 Å². The van der Waals surface area contributed by atoms with E-state index in [2.05, 4.69) is 30.0 Å². The number of nitrogens with zero attached hydrogens (tertiary/aromatic N) is 4. The summed E-state index contributed by atoms with van der Waals surface area (Å²) in [5, 5.41) is 2.41. The van der Waals surface area contributed by atoms with Gasteiger partial charge in [0.25, 0.3) is 0 Å². The first-order chi connectivity index (χ1) is 16.0. The van der Waals surface area contributed by atoms with Gasteiger partial charge >= 0.3 is 11.5 Å². The highest BCUT2D eigenvalue weighted by Crippen LogP contribution is 2.10. The van der Waals surface area contributed by atoms with Gasteiger partial charge in [-0.1, -0.05) is 36.4 Å². The molecule has 11 heteroatoms. The van der Waals surface area contributed by atoms with E-state index in [1.54, 1.807) is 73.1 Å². The van der Waals surface area contributed by atoms with Crippen LogP contribution in [-0.2, 0) is 0 Å². The first kappa shape index (κ1) is 24.7. The molecule has 0 fully saturated rings. The highest BCUT2D eigenvalue weighted by Gasteiger charge is 2.05. The molecule has 4 aromatic rings. The number of carbonyl (C=O) groups is 2. The van der Waals surface area contributed by atoms with Gasteiger partial charge in [-0.2, -0.15) is 0 Å². The molecule has 0 saturated carbocycles. The molecule has 0 aliphatic heterocycles. The molecule has 33 heavy (non-hydrogen) atoms. The molecule has 0 bridgehead atoms. The van der Waals surface area contributed by atoms with E-state index in [9.17, 15) is 9.59 Å². The molecule has 4 rings (SSSR count). The molecular formula is C22H19ClN6O4. The number of amides is 1. The number of hydrogen-bond donors (Lipinski definition) is 2. The number of para-hydroxylation sites is 2. The molecule has 2 aromatic heterocycles. The maximum atomic E-state index is 11.4. The van der Waals surface area contributed by atoms with Crippen molar-refractivity contribution in [1.82, 2.24) is 19.9 Å². The van der Waals surface area contributed by atoms with E-state index in [0.717, 1.165) is 0 Å². The Bertz CT molecular complexity index is 1050. The van der Waals surface area contributed by atoms with Crippen molar-refractivity contribution in [3.8, 4) is 11.5 Å². The topological polar surface area (TPSA) is 142 Å². The van der Waals surface area contributed by atoms with E-state index in [1.807, 2.05) is 12.1 Å². The minimum atomic E-state index is -0.814. The number of hydrogen-bond acceptors (Lipinski definition) is 9. The van der Waals surface area contributed by atoms with Crippen LogP contribution in [0.4, 0.5) is 21.5 Å². The summed E-state index contributed by atoms with van der Waals surface area (Å²) in [6.07, 6.45) is 5.65. The number of benzene rings is 2. The van der Waals surface area contributed by atoms with Crippen LogP contribution in [0.5, 0.6) is 11.5 Å². The average molecular weight is 467 g/mol. The molecule has 0 saturated heterocycles. The van der Waals surface area contributed by atoms with Crippen LogP contribution < -0.4 is 20.5 Å². The number of carbonyl (C=O) groups excluding carboxylic acids is 2. The Hall–Kier alpha value is -4.57. The summed E-state index contributed by atoms with van der Waals surface area (Å²) in [5.41, 5.74) is 4.32. The predicted molar refractivity (Wildman–Crippen MR) is 123 cm³/mol. The maximum absolute atomic E-state index is 11.4. The van der Waals surface area contributed by atoms with E-state index in [1.165, 1.54) is 12.4 Å². The molecule has 1 amide bonds. The Morgan fingerprint density at radius 1 is 0.697 bits per heavy atom. The van der Waals surface area contributed by atoms with Crippen molar-refractivity contribution in [1.29, 1.82) is 0 Å². The molecular weight excluding hydrogens is 448 g/mol. The molecule has 3 N–H and O–H groups in total. The molecule has 0 spiro atoms. The Morgan fingerprint density at radius 2 is 1.15 bits per heavy atom. The molecule has 168 valence electrons. The van der Waals surface area contributed by atoms with Crippen molar-refractivity contribution < 1.29 is 19.1 Å². The second-order valence-electron chi connectivity index (χ2n) is 5.66. The first-order valence-corrected chi connectivity index (χ1v) is 9.66. The summed E-state index contributed by atoms with van der Waals surface area (Å²) in [5.74, 6) is 1.46. The van der Waals surface area contributed by atoms with Gasteiger partial charge in [0, 0.05) is 36.4 Å². The van der Waals surface area contributed by atoms with Gasteiger partial charge in [0.15, 0.2) is 0 Å².